The summed E-state index contributed by atoms with van der Waals surface area (Å²) in [5, 5.41) is 0. The molecule has 0 radical (unpaired) electrons. The van der Waals surface area contributed by atoms with Crippen molar-refractivity contribution < 1.29 is 0 Å². The molecule has 0 spiro atoms. The van der Waals surface area contributed by atoms with Crippen molar-refractivity contribution in [3.8, 4) is 0 Å². The maximum Gasteiger partial charge on any atom is 0.0514 e. The van der Waals surface area contributed by atoms with Gasteiger partial charge >= 0.3 is 0 Å². The van der Waals surface area contributed by atoms with E-state index in [2.05, 4.69) is 29.0 Å². The van der Waals surface area contributed by atoms with Crippen molar-refractivity contribution in [2.24, 2.45) is 0 Å². The van der Waals surface area contributed by atoms with Gasteiger partial charge in [0, 0.05) is 11.3 Å². The number of aromatic nitrogens is 1. The highest BCUT2D eigenvalue weighted by molar-refractivity contribution is 7.05. The molecule has 9 heavy (non-hydrogen) atoms. The van der Waals surface area contributed by atoms with Gasteiger partial charge in [-0.2, -0.15) is 4.37 Å². The SMILES string of the molecule is CCl.Cc1cc(C)sn1. The Morgan fingerprint density at radius 2 is 2.00 bits per heavy atom. The summed E-state index contributed by atoms with van der Waals surface area (Å²) in [6.45, 7) is 4.06. The Morgan fingerprint density at radius 1 is 1.44 bits per heavy atom. The number of halogens is 1. The molecule has 0 amide bonds. The van der Waals surface area contributed by atoms with Crippen molar-refractivity contribution in [3.05, 3.63) is 16.6 Å². The fraction of sp³-hybridized carbons (Fsp3) is 0.500. The average Bonchev–Trinajstić information content (AvgIpc) is 2.20. The van der Waals surface area contributed by atoms with Gasteiger partial charge in [-0.25, -0.2) is 0 Å². The van der Waals surface area contributed by atoms with Crippen LogP contribution in [0.5, 0.6) is 0 Å². The van der Waals surface area contributed by atoms with E-state index in [1.54, 1.807) is 11.5 Å². The highest BCUT2D eigenvalue weighted by Crippen LogP contribution is 2.04. The van der Waals surface area contributed by atoms with Crippen LogP contribution in [0.2, 0.25) is 0 Å². The highest BCUT2D eigenvalue weighted by Gasteiger charge is 1.86. The van der Waals surface area contributed by atoms with Crippen LogP contribution in [0.1, 0.15) is 10.6 Å². The molecular formula is C6H10ClNS. The summed E-state index contributed by atoms with van der Waals surface area (Å²) in [6.07, 6.45) is 1.47. The zero-order valence-corrected chi connectivity index (χ0v) is 7.38. The molecule has 0 aliphatic rings. The van der Waals surface area contributed by atoms with Gasteiger partial charge in [-0.15, -0.1) is 11.6 Å². The van der Waals surface area contributed by atoms with E-state index in [0.717, 1.165) is 5.69 Å². The van der Waals surface area contributed by atoms with Crippen molar-refractivity contribution in [1.29, 1.82) is 0 Å². The number of hydrogen-bond acceptors (Lipinski definition) is 2. The number of aryl methyl sites for hydroxylation is 2. The van der Waals surface area contributed by atoms with Crippen LogP contribution in [0.15, 0.2) is 6.07 Å². The predicted octanol–water partition coefficient (Wildman–Crippen LogP) is 2.61. The van der Waals surface area contributed by atoms with Crippen molar-refractivity contribution >= 4 is 23.1 Å². The van der Waals surface area contributed by atoms with Gasteiger partial charge in [0.2, 0.25) is 0 Å². The van der Waals surface area contributed by atoms with Gasteiger partial charge in [0.1, 0.15) is 0 Å². The second kappa shape index (κ2) is 4.77. The fourth-order valence-corrected chi connectivity index (χ4v) is 1.05. The molecule has 0 N–H and O–H groups in total. The van der Waals surface area contributed by atoms with Gasteiger partial charge in [-0.1, -0.05) is 0 Å². The van der Waals surface area contributed by atoms with E-state index < -0.39 is 0 Å². The van der Waals surface area contributed by atoms with Crippen molar-refractivity contribution in [2.75, 3.05) is 6.38 Å². The Bertz CT molecular complexity index is 145. The smallest absolute Gasteiger partial charge is 0.0514 e. The first-order chi connectivity index (χ1) is 4.29. The van der Waals surface area contributed by atoms with Crippen LogP contribution in [0.25, 0.3) is 0 Å². The third-order valence-corrected chi connectivity index (χ3v) is 1.53. The van der Waals surface area contributed by atoms with Crippen LogP contribution in [0.4, 0.5) is 0 Å². The minimum Gasteiger partial charge on any atom is -0.198 e. The summed E-state index contributed by atoms with van der Waals surface area (Å²) in [5.41, 5.74) is 1.13. The molecular weight excluding hydrogens is 154 g/mol. The first-order valence-corrected chi connectivity index (χ1v) is 4.09. The molecule has 0 fully saturated rings. The lowest BCUT2D eigenvalue weighted by atomic mass is 10.4. The third kappa shape index (κ3) is 3.49. The topological polar surface area (TPSA) is 12.9 Å². The molecule has 0 aromatic carbocycles. The average molecular weight is 164 g/mol. The summed E-state index contributed by atoms with van der Waals surface area (Å²) in [4.78, 5) is 1.29. The molecule has 1 heterocycles. The normalized spacial score (nSPS) is 8.00. The second-order valence-corrected chi connectivity index (χ2v) is 2.59. The van der Waals surface area contributed by atoms with Crippen LogP contribution in [0.3, 0.4) is 0 Å². The Balaban J connectivity index is 0.000000291. The van der Waals surface area contributed by atoms with Gasteiger partial charge in [0.05, 0.1) is 5.69 Å². The van der Waals surface area contributed by atoms with E-state index in [9.17, 15) is 0 Å². The molecule has 1 aromatic heterocycles. The number of rotatable bonds is 0. The molecule has 1 aromatic rings. The van der Waals surface area contributed by atoms with Crippen LogP contribution >= 0.6 is 23.1 Å². The minimum absolute atomic E-state index is 1.13. The monoisotopic (exact) mass is 163 g/mol. The van der Waals surface area contributed by atoms with E-state index in [0.29, 0.717) is 0 Å². The molecule has 3 heteroatoms. The van der Waals surface area contributed by atoms with Crippen LogP contribution in [-0.4, -0.2) is 10.8 Å². The zero-order chi connectivity index (χ0) is 7.28. The molecule has 1 rings (SSSR count). The predicted molar refractivity (Wildman–Crippen MR) is 43.4 cm³/mol. The Kier molecular flexibility index (Phi) is 4.72. The summed E-state index contributed by atoms with van der Waals surface area (Å²) in [5.74, 6) is 0. The second-order valence-electron chi connectivity index (χ2n) is 1.58. The maximum atomic E-state index is 4.64. The molecule has 0 saturated carbocycles. The van der Waals surface area contributed by atoms with Gasteiger partial charge in [0.15, 0.2) is 0 Å². The third-order valence-electron chi connectivity index (χ3n) is 0.746. The summed E-state index contributed by atoms with van der Waals surface area (Å²) < 4.78 is 4.06. The Labute approximate surface area is 64.8 Å². The van der Waals surface area contributed by atoms with Crippen LogP contribution in [0, 0.1) is 13.8 Å². The van der Waals surface area contributed by atoms with Crippen molar-refractivity contribution in [2.45, 2.75) is 13.8 Å². The Hall–Kier alpha value is -0.0800. The molecule has 1 nitrogen and oxygen atoms in total. The number of alkyl halides is 1. The van der Waals surface area contributed by atoms with Gasteiger partial charge in [-0.3, -0.25) is 0 Å². The first kappa shape index (κ1) is 8.92. The van der Waals surface area contributed by atoms with E-state index in [-0.39, 0.29) is 0 Å². The van der Waals surface area contributed by atoms with E-state index in [4.69, 9.17) is 0 Å². The molecule has 0 aliphatic carbocycles. The molecule has 0 saturated heterocycles. The fourth-order valence-electron chi connectivity index (χ4n) is 0.491. The Morgan fingerprint density at radius 3 is 2.11 bits per heavy atom. The molecule has 52 valence electrons. The van der Waals surface area contributed by atoms with Crippen LogP contribution in [-0.2, 0) is 0 Å². The van der Waals surface area contributed by atoms with Crippen molar-refractivity contribution in [1.82, 2.24) is 4.37 Å². The lowest BCUT2D eigenvalue weighted by Crippen LogP contribution is -1.58. The standard InChI is InChI=1S/C5H7NS.CH3Cl/c1-4-3-5(2)7-6-4;1-2/h3H,1-2H3;1H3. The van der Waals surface area contributed by atoms with Gasteiger partial charge in [-0.05, 0) is 31.4 Å². The largest absolute Gasteiger partial charge is 0.198 e. The van der Waals surface area contributed by atoms with Crippen molar-refractivity contribution in [3.63, 3.8) is 0 Å². The summed E-state index contributed by atoms with van der Waals surface area (Å²) in [7, 11) is 0. The summed E-state index contributed by atoms with van der Waals surface area (Å²) in [6, 6.07) is 2.07. The molecule has 0 bridgehead atoms. The van der Waals surface area contributed by atoms with Crippen LogP contribution < -0.4 is 0 Å². The minimum atomic E-state index is 1.13. The first-order valence-electron chi connectivity index (χ1n) is 2.57. The lowest BCUT2D eigenvalue weighted by Gasteiger charge is -1.67. The van der Waals surface area contributed by atoms with E-state index >= 15 is 0 Å². The van der Waals surface area contributed by atoms with Gasteiger partial charge in [0.25, 0.3) is 0 Å². The highest BCUT2D eigenvalue weighted by atomic mass is 35.5. The summed E-state index contributed by atoms with van der Waals surface area (Å²) >= 11 is 6.19. The number of nitrogens with zero attached hydrogens (tertiary/aromatic N) is 1. The van der Waals surface area contributed by atoms with E-state index in [1.165, 1.54) is 11.3 Å². The zero-order valence-electron chi connectivity index (χ0n) is 5.81. The number of hydrogen-bond donors (Lipinski definition) is 0. The lowest BCUT2D eigenvalue weighted by molar-refractivity contribution is 1.34. The maximum absolute atomic E-state index is 4.64. The van der Waals surface area contributed by atoms with E-state index in [1.807, 2.05) is 6.92 Å². The van der Waals surface area contributed by atoms with Gasteiger partial charge < -0.3 is 0 Å². The molecule has 0 unspecified atom stereocenters. The molecule has 0 atom stereocenters. The molecule has 0 aliphatic heterocycles. The quantitative estimate of drug-likeness (QED) is 0.536.